The van der Waals surface area contributed by atoms with Gasteiger partial charge in [-0.1, -0.05) is 23.5 Å². The van der Waals surface area contributed by atoms with E-state index in [1.54, 1.807) is 18.2 Å². The molecule has 3 aromatic rings. The number of sulfonamides is 1. The Labute approximate surface area is 147 Å². The summed E-state index contributed by atoms with van der Waals surface area (Å²) >= 11 is 2.68. The third kappa shape index (κ3) is 3.44. The number of rotatable bonds is 4. The quantitative estimate of drug-likeness (QED) is 0.679. The van der Waals surface area contributed by atoms with Gasteiger partial charge in [-0.2, -0.15) is 0 Å². The molecule has 9 heteroatoms. The Bertz CT molecular complexity index is 1030. The van der Waals surface area contributed by atoms with Crippen molar-refractivity contribution in [3.05, 3.63) is 48.0 Å². The summed E-state index contributed by atoms with van der Waals surface area (Å²) in [5, 5.41) is 8.28. The van der Waals surface area contributed by atoms with Crippen molar-refractivity contribution in [1.82, 2.24) is 4.98 Å². The molecule has 6 nitrogen and oxygen atoms in total. The number of hydrogen-bond acceptors (Lipinski definition) is 6. The van der Waals surface area contributed by atoms with E-state index in [4.69, 9.17) is 5.14 Å². The van der Waals surface area contributed by atoms with Crippen molar-refractivity contribution in [2.24, 2.45) is 5.14 Å². The van der Waals surface area contributed by atoms with Gasteiger partial charge < -0.3 is 0 Å². The van der Waals surface area contributed by atoms with E-state index in [2.05, 4.69) is 10.3 Å². The molecule has 3 rings (SSSR count). The van der Waals surface area contributed by atoms with Gasteiger partial charge in [-0.25, -0.2) is 18.5 Å². The number of thioether (sulfide) groups is 1. The van der Waals surface area contributed by atoms with Crippen LogP contribution in [0.3, 0.4) is 0 Å². The first-order valence-corrected chi connectivity index (χ1v) is 10.3. The number of aromatic nitrogens is 1. The Morgan fingerprint density at radius 1 is 1.25 bits per heavy atom. The molecule has 0 aliphatic rings. The lowest BCUT2D eigenvalue weighted by atomic mass is 10.2. The summed E-state index contributed by atoms with van der Waals surface area (Å²) in [5.74, 6) is -0.259. The molecule has 1 heterocycles. The lowest BCUT2D eigenvalue weighted by molar-refractivity contribution is 0.102. The zero-order chi connectivity index (χ0) is 17.3. The number of thiazole rings is 1. The van der Waals surface area contributed by atoms with Gasteiger partial charge in [0.1, 0.15) is 0 Å². The first-order chi connectivity index (χ1) is 11.4. The van der Waals surface area contributed by atoms with Crippen LogP contribution >= 0.6 is 23.1 Å². The van der Waals surface area contributed by atoms with Crippen LogP contribution in [0.4, 0.5) is 5.13 Å². The second-order valence-corrected chi connectivity index (χ2v) is 8.29. The highest BCUT2D eigenvalue weighted by Gasteiger charge is 2.15. The zero-order valence-electron chi connectivity index (χ0n) is 12.5. The fourth-order valence-electron chi connectivity index (χ4n) is 2.13. The van der Waals surface area contributed by atoms with E-state index in [-0.39, 0.29) is 10.8 Å². The summed E-state index contributed by atoms with van der Waals surface area (Å²) < 4.78 is 23.4. The smallest absolute Gasteiger partial charge is 0.258 e. The molecule has 3 N–H and O–H groups in total. The minimum Gasteiger partial charge on any atom is -0.298 e. The maximum Gasteiger partial charge on any atom is 0.258 e. The number of carbonyl (C=O) groups excluding carboxylic acids is 1. The van der Waals surface area contributed by atoms with Gasteiger partial charge in [-0.3, -0.25) is 10.1 Å². The number of carbonyl (C=O) groups is 1. The van der Waals surface area contributed by atoms with E-state index in [9.17, 15) is 13.2 Å². The molecule has 124 valence electrons. The number of primary sulfonamides is 1. The molecule has 0 aliphatic carbocycles. The van der Waals surface area contributed by atoms with Crippen LogP contribution in [-0.4, -0.2) is 25.6 Å². The van der Waals surface area contributed by atoms with Crippen LogP contribution in [0.5, 0.6) is 0 Å². The molecule has 0 saturated carbocycles. The second-order valence-electron chi connectivity index (χ2n) is 4.85. The number of anilines is 1. The summed E-state index contributed by atoms with van der Waals surface area (Å²) in [7, 11) is -3.77. The third-order valence-electron chi connectivity index (χ3n) is 3.26. The normalized spacial score (nSPS) is 11.6. The van der Waals surface area contributed by atoms with Crippen molar-refractivity contribution in [3.63, 3.8) is 0 Å². The van der Waals surface area contributed by atoms with Crippen molar-refractivity contribution in [1.29, 1.82) is 0 Å². The number of hydrogen-bond donors (Lipinski definition) is 2. The number of fused-ring (bicyclic) bond motifs is 1. The summed E-state index contributed by atoms with van der Waals surface area (Å²) in [6.45, 7) is 0. The van der Waals surface area contributed by atoms with Crippen LogP contribution in [0.15, 0.2) is 52.3 Å². The summed E-state index contributed by atoms with van der Waals surface area (Å²) in [5.41, 5.74) is 1.16. The number of benzene rings is 2. The van der Waals surface area contributed by atoms with Crippen molar-refractivity contribution < 1.29 is 13.2 Å². The molecule has 1 aromatic heterocycles. The maximum absolute atomic E-state index is 12.4. The van der Waals surface area contributed by atoms with E-state index < -0.39 is 10.0 Å². The molecule has 0 saturated heterocycles. The molecule has 0 atom stereocenters. The highest BCUT2D eigenvalue weighted by Crippen LogP contribution is 2.29. The molecule has 0 radical (unpaired) electrons. The number of nitrogens with two attached hydrogens (primary N) is 1. The van der Waals surface area contributed by atoms with Gasteiger partial charge in [-0.05, 0) is 36.6 Å². The van der Waals surface area contributed by atoms with E-state index in [1.165, 1.54) is 35.2 Å². The third-order valence-corrected chi connectivity index (χ3v) is 5.90. The van der Waals surface area contributed by atoms with Crippen molar-refractivity contribution in [2.45, 2.75) is 9.79 Å². The Morgan fingerprint density at radius 2 is 2.00 bits per heavy atom. The van der Waals surface area contributed by atoms with Crippen molar-refractivity contribution in [3.8, 4) is 0 Å². The fourth-order valence-corrected chi connectivity index (χ4v) is 4.24. The first-order valence-electron chi connectivity index (χ1n) is 6.76. The van der Waals surface area contributed by atoms with Crippen LogP contribution < -0.4 is 10.5 Å². The van der Waals surface area contributed by atoms with Crippen LogP contribution in [0.1, 0.15) is 10.4 Å². The number of amides is 1. The molecular weight excluding hydrogens is 366 g/mol. The van der Waals surface area contributed by atoms with Crippen molar-refractivity contribution in [2.75, 3.05) is 11.6 Å². The maximum atomic E-state index is 12.4. The Balaban J connectivity index is 1.92. The lowest BCUT2D eigenvalue weighted by Crippen LogP contribution is -2.12. The predicted octanol–water partition coefficient (Wildman–Crippen LogP) is 2.92. The van der Waals surface area contributed by atoms with Gasteiger partial charge >= 0.3 is 0 Å². The lowest BCUT2D eigenvalue weighted by Gasteiger charge is -2.05. The van der Waals surface area contributed by atoms with Crippen LogP contribution in [-0.2, 0) is 10.0 Å². The first kappa shape index (κ1) is 16.9. The topological polar surface area (TPSA) is 102 Å². The summed E-state index contributed by atoms with van der Waals surface area (Å²) in [4.78, 5) is 17.6. The van der Waals surface area contributed by atoms with Gasteiger partial charge in [0.05, 0.1) is 20.7 Å². The summed E-state index contributed by atoms with van der Waals surface area (Å²) in [6.07, 6.45) is 1.90. The Hall–Kier alpha value is -1.94. The largest absolute Gasteiger partial charge is 0.298 e. The molecule has 0 spiro atoms. The summed E-state index contributed by atoms with van der Waals surface area (Å²) in [6, 6.07) is 11.7. The minimum atomic E-state index is -3.77. The monoisotopic (exact) mass is 379 g/mol. The molecule has 24 heavy (non-hydrogen) atoms. The van der Waals surface area contributed by atoms with Gasteiger partial charge in [0, 0.05) is 4.90 Å². The molecule has 0 unspecified atom stereocenters. The molecule has 1 amide bonds. The van der Waals surface area contributed by atoms with Crippen LogP contribution in [0.2, 0.25) is 0 Å². The Kier molecular flexibility index (Phi) is 4.59. The van der Waals surface area contributed by atoms with Gasteiger partial charge in [0.2, 0.25) is 10.0 Å². The van der Waals surface area contributed by atoms with Gasteiger partial charge in [-0.15, -0.1) is 11.8 Å². The number of nitrogens with zero attached hydrogens (tertiary/aromatic N) is 1. The second kappa shape index (κ2) is 6.52. The van der Waals surface area contributed by atoms with E-state index >= 15 is 0 Å². The predicted molar refractivity (Wildman–Crippen MR) is 97.2 cm³/mol. The SMILES string of the molecule is CSc1ccccc1C(=O)Nc1nc2ccc(S(N)(=O)=O)cc2s1. The van der Waals surface area contributed by atoms with Gasteiger partial charge in [0.15, 0.2) is 5.13 Å². The molecular formula is C15H13N3O3S3. The molecule has 0 bridgehead atoms. The van der Waals surface area contributed by atoms with Crippen LogP contribution in [0, 0.1) is 0 Å². The zero-order valence-corrected chi connectivity index (χ0v) is 15.0. The highest BCUT2D eigenvalue weighted by atomic mass is 32.2. The fraction of sp³-hybridized carbons (Fsp3) is 0.0667. The van der Waals surface area contributed by atoms with E-state index in [1.807, 2.05) is 18.4 Å². The van der Waals surface area contributed by atoms with E-state index in [0.29, 0.717) is 20.9 Å². The molecule has 0 aliphatic heterocycles. The minimum absolute atomic E-state index is 0.0178. The Morgan fingerprint density at radius 3 is 2.71 bits per heavy atom. The average molecular weight is 379 g/mol. The van der Waals surface area contributed by atoms with Crippen molar-refractivity contribution >= 4 is 54.4 Å². The number of nitrogens with one attached hydrogen (secondary N) is 1. The molecule has 2 aromatic carbocycles. The van der Waals surface area contributed by atoms with Crippen LogP contribution in [0.25, 0.3) is 10.2 Å². The highest BCUT2D eigenvalue weighted by molar-refractivity contribution is 7.98. The average Bonchev–Trinajstić information content (AvgIpc) is 2.95. The van der Waals surface area contributed by atoms with Gasteiger partial charge in [0.25, 0.3) is 5.91 Å². The standard InChI is InChI=1S/C15H13N3O3S3/c1-22-12-5-3-2-4-10(12)14(19)18-15-17-11-7-6-9(24(16,20)21)8-13(11)23-15/h2-8H,1H3,(H2,16,20,21)(H,17,18,19). The molecule has 0 fully saturated rings. The van der Waals surface area contributed by atoms with E-state index in [0.717, 1.165) is 4.90 Å².